The molecule has 0 radical (unpaired) electrons. The Kier molecular flexibility index (Phi) is 13.4. The number of rotatable bonds is 12. The normalized spacial score (nSPS) is 14.8. The van der Waals surface area contributed by atoms with Gasteiger partial charge >= 0.3 is 0 Å². The minimum Gasteiger partial charge on any atom is -0.375 e. The third-order valence-electron chi connectivity index (χ3n) is 3.01. The van der Waals surface area contributed by atoms with E-state index in [9.17, 15) is 0 Å². The highest BCUT2D eigenvalue weighted by Crippen LogP contribution is 2.18. The molecule has 0 saturated carbocycles. The van der Waals surface area contributed by atoms with Crippen LogP contribution in [0, 0.1) is 0 Å². The van der Waals surface area contributed by atoms with Crippen LogP contribution in [-0.2, 0) is 4.74 Å². The van der Waals surface area contributed by atoms with Crippen molar-refractivity contribution in [2.75, 3.05) is 11.8 Å². The molecule has 0 bridgehead atoms. The van der Waals surface area contributed by atoms with E-state index < -0.39 is 0 Å². The van der Waals surface area contributed by atoms with Gasteiger partial charge < -0.3 is 4.74 Å². The molecule has 2 unspecified atom stereocenters. The van der Waals surface area contributed by atoms with Crippen LogP contribution in [0.5, 0.6) is 0 Å². The fourth-order valence-electron chi connectivity index (χ4n) is 1.94. The first kappa shape index (κ1) is 17.5. The van der Waals surface area contributed by atoms with Crippen molar-refractivity contribution in [2.45, 2.75) is 77.4 Å². The molecule has 0 amide bonds. The highest BCUT2D eigenvalue weighted by Gasteiger charge is 2.15. The molecule has 0 saturated heterocycles. The molecule has 3 heteroatoms. The molecule has 0 rings (SSSR count). The van der Waals surface area contributed by atoms with Crippen molar-refractivity contribution >= 4 is 23.2 Å². The maximum Gasteiger partial charge on any atom is 0.0590 e. The molecular formula is C14H28Cl2O. The number of ether oxygens (including phenoxy) is 1. The molecule has 0 spiro atoms. The topological polar surface area (TPSA) is 9.23 Å². The molecule has 1 nitrogen and oxygen atoms in total. The van der Waals surface area contributed by atoms with Gasteiger partial charge in [-0.15, -0.1) is 23.2 Å². The van der Waals surface area contributed by atoms with E-state index >= 15 is 0 Å². The van der Waals surface area contributed by atoms with Gasteiger partial charge in [0, 0.05) is 11.8 Å². The van der Waals surface area contributed by atoms with Crippen LogP contribution in [-0.4, -0.2) is 24.0 Å². The predicted octanol–water partition coefficient (Wildman–Crippen LogP) is 5.38. The van der Waals surface area contributed by atoms with Crippen LogP contribution in [0.25, 0.3) is 0 Å². The minimum absolute atomic E-state index is 0.331. The Balaban J connectivity index is 4.02. The Morgan fingerprint density at radius 2 is 1.18 bits per heavy atom. The van der Waals surface area contributed by atoms with Crippen molar-refractivity contribution in [3.05, 3.63) is 0 Å². The van der Waals surface area contributed by atoms with Crippen molar-refractivity contribution in [2.24, 2.45) is 0 Å². The summed E-state index contributed by atoms with van der Waals surface area (Å²) in [5.74, 6) is 1.38. The number of unbranched alkanes of at least 4 members (excludes halogenated alkanes) is 2. The van der Waals surface area contributed by atoms with Crippen LogP contribution in [0.3, 0.4) is 0 Å². The van der Waals surface area contributed by atoms with Gasteiger partial charge in [0.25, 0.3) is 0 Å². The monoisotopic (exact) mass is 282 g/mol. The Labute approximate surface area is 117 Å². The smallest absolute Gasteiger partial charge is 0.0590 e. The van der Waals surface area contributed by atoms with Crippen molar-refractivity contribution in [1.29, 1.82) is 0 Å². The standard InChI is InChI=1S/C14H28Cl2O/c1-3-5-7-13(9-11-15)17-14(10-12-16)8-6-4-2/h13-14H,3-12H2,1-2H3. The number of halogens is 2. The maximum atomic E-state index is 6.17. The molecule has 2 atom stereocenters. The second-order valence-corrected chi connectivity index (χ2v) is 5.38. The van der Waals surface area contributed by atoms with Crippen molar-refractivity contribution in [1.82, 2.24) is 0 Å². The molecule has 0 aromatic heterocycles. The molecule has 0 heterocycles. The van der Waals surface area contributed by atoms with Crippen LogP contribution in [0.2, 0.25) is 0 Å². The molecule has 0 N–H and O–H groups in total. The summed E-state index contributed by atoms with van der Waals surface area (Å²) < 4.78 is 6.17. The SMILES string of the molecule is CCCCC(CCCl)OC(CCCl)CCCC. The molecule has 0 fully saturated rings. The lowest BCUT2D eigenvalue weighted by atomic mass is 10.1. The highest BCUT2D eigenvalue weighted by atomic mass is 35.5. The van der Waals surface area contributed by atoms with E-state index in [-0.39, 0.29) is 0 Å². The minimum atomic E-state index is 0.331. The summed E-state index contributed by atoms with van der Waals surface area (Å²) in [6.45, 7) is 4.43. The molecule has 0 aromatic carbocycles. The molecular weight excluding hydrogens is 255 g/mol. The van der Waals surface area contributed by atoms with Crippen molar-refractivity contribution in [3.63, 3.8) is 0 Å². The van der Waals surface area contributed by atoms with E-state index in [1.807, 2.05) is 0 Å². The van der Waals surface area contributed by atoms with Gasteiger partial charge in [-0.05, 0) is 25.7 Å². The molecule has 0 aliphatic heterocycles. The molecule has 104 valence electrons. The average Bonchev–Trinajstić information content (AvgIpc) is 2.33. The largest absolute Gasteiger partial charge is 0.375 e. The quantitative estimate of drug-likeness (QED) is 0.437. The van der Waals surface area contributed by atoms with E-state index in [0.29, 0.717) is 24.0 Å². The number of alkyl halides is 2. The lowest BCUT2D eigenvalue weighted by Gasteiger charge is -2.24. The third-order valence-corrected chi connectivity index (χ3v) is 3.44. The van der Waals surface area contributed by atoms with Crippen LogP contribution in [0.4, 0.5) is 0 Å². The predicted molar refractivity (Wildman–Crippen MR) is 78.4 cm³/mol. The van der Waals surface area contributed by atoms with Gasteiger partial charge in [0.1, 0.15) is 0 Å². The first-order valence-corrected chi connectivity index (χ1v) is 8.12. The van der Waals surface area contributed by atoms with E-state index in [2.05, 4.69) is 13.8 Å². The molecule has 0 aliphatic rings. The van der Waals surface area contributed by atoms with Gasteiger partial charge in [-0.25, -0.2) is 0 Å². The number of hydrogen-bond donors (Lipinski definition) is 0. The molecule has 17 heavy (non-hydrogen) atoms. The van der Waals surface area contributed by atoms with Crippen LogP contribution < -0.4 is 0 Å². The fraction of sp³-hybridized carbons (Fsp3) is 1.00. The number of hydrogen-bond acceptors (Lipinski definition) is 1. The van der Waals surface area contributed by atoms with Crippen LogP contribution in [0.15, 0.2) is 0 Å². The Morgan fingerprint density at radius 1 is 0.765 bits per heavy atom. The second-order valence-electron chi connectivity index (χ2n) is 4.62. The zero-order valence-electron chi connectivity index (χ0n) is 11.4. The first-order valence-electron chi connectivity index (χ1n) is 7.05. The Bertz CT molecular complexity index is 137. The zero-order valence-corrected chi connectivity index (χ0v) is 12.9. The summed E-state index contributed by atoms with van der Waals surface area (Å²) in [7, 11) is 0. The van der Waals surface area contributed by atoms with Gasteiger partial charge in [-0.2, -0.15) is 0 Å². The van der Waals surface area contributed by atoms with Crippen LogP contribution in [0.1, 0.15) is 65.2 Å². The lowest BCUT2D eigenvalue weighted by molar-refractivity contribution is -0.0245. The Morgan fingerprint density at radius 3 is 1.47 bits per heavy atom. The molecule has 0 aromatic rings. The summed E-state index contributed by atoms with van der Waals surface area (Å²) in [4.78, 5) is 0. The maximum absolute atomic E-state index is 6.17. The summed E-state index contributed by atoms with van der Waals surface area (Å²) in [6, 6.07) is 0. The first-order chi connectivity index (χ1) is 8.28. The van der Waals surface area contributed by atoms with Crippen molar-refractivity contribution in [3.8, 4) is 0 Å². The van der Waals surface area contributed by atoms with Gasteiger partial charge in [-0.1, -0.05) is 39.5 Å². The summed E-state index contributed by atoms with van der Waals surface area (Å²) in [6.07, 6.45) is 9.75. The van der Waals surface area contributed by atoms with E-state index in [4.69, 9.17) is 27.9 Å². The zero-order chi connectivity index (χ0) is 12.9. The Hall–Kier alpha value is 0.540. The van der Waals surface area contributed by atoms with Crippen LogP contribution >= 0.6 is 23.2 Å². The van der Waals surface area contributed by atoms with Gasteiger partial charge in [0.15, 0.2) is 0 Å². The molecule has 0 aliphatic carbocycles. The summed E-state index contributed by atoms with van der Waals surface area (Å²) in [5, 5.41) is 0. The second kappa shape index (κ2) is 13.0. The van der Waals surface area contributed by atoms with Gasteiger partial charge in [-0.3, -0.25) is 0 Å². The van der Waals surface area contributed by atoms with E-state index in [1.165, 1.54) is 25.7 Å². The summed E-state index contributed by atoms with van der Waals surface area (Å²) in [5.41, 5.74) is 0. The lowest BCUT2D eigenvalue weighted by Crippen LogP contribution is -2.23. The van der Waals surface area contributed by atoms with Crippen molar-refractivity contribution < 1.29 is 4.74 Å². The highest BCUT2D eigenvalue weighted by molar-refractivity contribution is 6.18. The summed E-state index contributed by atoms with van der Waals surface area (Å²) >= 11 is 11.7. The van der Waals surface area contributed by atoms with E-state index in [1.54, 1.807) is 0 Å². The van der Waals surface area contributed by atoms with Gasteiger partial charge in [0.2, 0.25) is 0 Å². The average molecular weight is 283 g/mol. The fourth-order valence-corrected chi connectivity index (χ4v) is 2.43. The third kappa shape index (κ3) is 10.2. The van der Waals surface area contributed by atoms with Gasteiger partial charge in [0.05, 0.1) is 12.2 Å². The van der Waals surface area contributed by atoms with E-state index in [0.717, 1.165) is 25.7 Å².